The zero-order valence-corrected chi connectivity index (χ0v) is 17.6. The van der Waals surface area contributed by atoms with E-state index in [0.29, 0.717) is 32.0 Å². The van der Waals surface area contributed by atoms with Crippen LogP contribution in [0.2, 0.25) is 0 Å². The molecule has 0 saturated carbocycles. The minimum Gasteiger partial charge on any atom is -0.494 e. The van der Waals surface area contributed by atoms with E-state index in [1.807, 2.05) is 31.0 Å². The highest BCUT2D eigenvalue weighted by atomic mass is 32.2. The van der Waals surface area contributed by atoms with Crippen molar-refractivity contribution in [1.29, 1.82) is 0 Å². The van der Waals surface area contributed by atoms with Crippen molar-refractivity contribution in [1.82, 2.24) is 14.1 Å². The first-order valence-electron chi connectivity index (χ1n) is 9.62. The van der Waals surface area contributed by atoms with Gasteiger partial charge in [-0.2, -0.15) is 4.31 Å². The van der Waals surface area contributed by atoms with E-state index in [1.54, 1.807) is 35.4 Å². The van der Waals surface area contributed by atoms with Crippen LogP contribution in [0.25, 0.3) is 0 Å². The van der Waals surface area contributed by atoms with Gasteiger partial charge in [-0.25, -0.2) is 8.42 Å². The monoisotopic (exact) mass is 421 g/mol. The molecule has 2 aromatic rings. The minimum atomic E-state index is -3.58. The Hall–Kier alpha value is -2.36. The summed E-state index contributed by atoms with van der Waals surface area (Å²) < 4.78 is 37.8. The van der Waals surface area contributed by atoms with E-state index in [-0.39, 0.29) is 30.4 Å². The van der Waals surface area contributed by atoms with Crippen molar-refractivity contribution in [2.45, 2.75) is 18.4 Å². The maximum atomic E-state index is 12.9. The van der Waals surface area contributed by atoms with Gasteiger partial charge in [-0.3, -0.25) is 9.69 Å². The van der Waals surface area contributed by atoms with Crippen molar-refractivity contribution in [2.24, 2.45) is 0 Å². The number of ether oxygens (including phenoxy) is 1. The Labute approximate surface area is 171 Å². The Morgan fingerprint density at radius 2 is 1.83 bits per heavy atom. The van der Waals surface area contributed by atoms with Gasteiger partial charge in [0.15, 0.2) is 0 Å². The highest BCUT2D eigenvalue weighted by Gasteiger charge is 2.30. The van der Waals surface area contributed by atoms with Crippen LogP contribution in [0.5, 0.6) is 5.75 Å². The second-order valence-electron chi connectivity index (χ2n) is 6.94. The normalized spacial score (nSPS) is 15.6. The SMILES string of the molecule is CCOc1ccc(S(=O)(=O)N2CCN(C(=O)CN(C)Cc3ccco3)CC2)cc1. The van der Waals surface area contributed by atoms with Crippen LogP contribution in [0.4, 0.5) is 0 Å². The number of carbonyl (C=O) groups excluding carboxylic acids is 1. The van der Waals surface area contributed by atoms with Crippen LogP contribution in [-0.4, -0.2) is 74.8 Å². The Bertz CT molecular complexity index is 889. The summed E-state index contributed by atoms with van der Waals surface area (Å²) in [4.78, 5) is 16.4. The first-order chi connectivity index (χ1) is 13.9. The zero-order valence-electron chi connectivity index (χ0n) is 16.8. The fourth-order valence-electron chi connectivity index (χ4n) is 3.26. The summed E-state index contributed by atoms with van der Waals surface area (Å²) in [5.74, 6) is 1.42. The molecule has 9 heteroatoms. The number of nitrogens with zero attached hydrogens (tertiary/aromatic N) is 3. The molecule has 1 aliphatic heterocycles. The number of sulfonamides is 1. The number of benzene rings is 1. The highest BCUT2D eigenvalue weighted by molar-refractivity contribution is 7.89. The molecule has 1 aromatic heterocycles. The average molecular weight is 422 g/mol. The Morgan fingerprint density at radius 1 is 1.14 bits per heavy atom. The molecule has 1 aromatic carbocycles. The van der Waals surface area contributed by atoms with E-state index >= 15 is 0 Å². The first-order valence-corrected chi connectivity index (χ1v) is 11.1. The van der Waals surface area contributed by atoms with E-state index in [1.165, 1.54) is 4.31 Å². The maximum Gasteiger partial charge on any atom is 0.243 e. The molecule has 1 saturated heterocycles. The van der Waals surface area contributed by atoms with Crippen molar-refractivity contribution in [3.63, 3.8) is 0 Å². The first kappa shape index (κ1) is 21.4. The lowest BCUT2D eigenvalue weighted by Crippen LogP contribution is -2.52. The van der Waals surface area contributed by atoms with Crippen molar-refractivity contribution in [3.8, 4) is 5.75 Å². The quantitative estimate of drug-likeness (QED) is 0.644. The molecule has 0 bridgehead atoms. The second kappa shape index (κ2) is 9.43. The van der Waals surface area contributed by atoms with Gasteiger partial charge in [0, 0.05) is 26.2 Å². The fourth-order valence-corrected chi connectivity index (χ4v) is 4.68. The van der Waals surface area contributed by atoms with Gasteiger partial charge in [0.2, 0.25) is 15.9 Å². The van der Waals surface area contributed by atoms with Gasteiger partial charge < -0.3 is 14.1 Å². The van der Waals surface area contributed by atoms with Crippen LogP contribution in [0, 0.1) is 0 Å². The molecule has 29 heavy (non-hydrogen) atoms. The minimum absolute atomic E-state index is 0.0165. The zero-order chi connectivity index (χ0) is 20.9. The number of rotatable bonds is 8. The smallest absolute Gasteiger partial charge is 0.243 e. The third-order valence-corrected chi connectivity index (χ3v) is 6.69. The predicted octanol–water partition coefficient (Wildman–Crippen LogP) is 1.64. The molecule has 8 nitrogen and oxygen atoms in total. The molecule has 1 amide bonds. The van der Waals surface area contributed by atoms with Crippen molar-refractivity contribution < 1.29 is 22.4 Å². The number of likely N-dealkylation sites (N-methyl/N-ethyl adjacent to an activating group) is 1. The van der Waals surface area contributed by atoms with E-state index in [9.17, 15) is 13.2 Å². The van der Waals surface area contributed by atoms with Gasteiger partial charge in [0.1, 0.15) is 11.5 Å². The molecule has 0 atom stereocenters. The number of furan rings is 1. The molecule has 1 aliphatic rings. The largest absolute Gasteiger partial charge is 0.494 e. The summed E-state index contributed by atoms with van der Waals surface area (Å²) in [6.45, 7) is 4.52. The molecular weight excluding hydrogens is 394 g/mol. The molecule has 0 unspecified atom stereocenters. The molecular formula is C20H27N3O5S. The van der Waals surface area contributed by atoms with Crippen LogP contribution in [0.3, 0.4) is 0 Å². The fraction of sp³-hybridized carbons (Fsp3) is 0.450. The van der Waals surface area contributed by atoms with Crippen LogP contribution in [0.15, 0.2) is 52.0 Å². The van der Waals surface area contributed by atoms with Crippen LogP contribution < -0.4 is 4.74 Å². The molecule has 0 aliphatic carbocycles. The third kappa shape index (κ3) is 5.37. The Kier molecular flexibility index (Phi) is 6.94. The number of amides is 1. The molecule has 0 N–H and O–H groups in total. The summed E-state index contributed by atoms with van der Waals surface area (Å²) in [5.41, 5.74) is 0. The molecule has 3 rings (SSSR count). The predicted molar refractivity (Wildman–Crippen MR) is 108 cm³/mol. The number of hydrogen-bond donors (Lipinski definition) is 0. The Morgan fingerprint density at radius 3 is 2.41 bits per heavy atom. The number of piperazine rings is 1. The highest BCUT2D eigenvalue weighted by Crippen LogP contribution is 2.21. The summed E-state index contributed by atoms with van der Waals surface area (Å²) in [6.07, 6.45) is 1.61. The van der Waals surface area contributed by atoms with Gasteiger partial charge in [0.25, 0.3) is 0 Å². The maximum absolute atomic E-state index is 12.9. The van der Waals surface area contributed by atoms with Crippen LogP contribution >= 0.6 is 0 Å². The van der Waals surface area contributed by atoms with Crippen molar-refractivity contribution in [3.05, 3.63) is 48.4 Å². The van der Waals surface area contributed by atoms with E-state index in [4.69, 9.17) is 9.15 Å². The third-order valence-electron chi connectivity index (χ3n) is 4.77. The number of hydrogen-bond acceptors (Lipinski definition) is 6. The van der Waals surface area contributed by atoms with E-state index in [0.717, 1.165) is 5.76 Å². The molecule has 2 heterocycles. The van der Waals surface area contributed by atoms with E-state index in [2.05, 4.69) is 0 Å². The van der Waals surface area contributed by atoms with Gasteiger partial charge in [-0.05, 0) is 50.4 Å². The standard InChI is InChI=1S/C20H27N3O5S/c1-3-27-17-6-8-19(9-7-17)29(25,26)23-12-10-22(11-13-23)20(24)16-21(2)15-18-5-4-14-28-18/h4-9,14H,3,10-13,15-16H2,1-2H3. The van der Waals surface area contributed by atoms with Crippen molar-refractivity contribution in [2.75, 3.05) is 46.4 Å². The van der Waals surface area contributed by atoms with E-state index < -0.39 is 10.0 Å². The van der Waals surface area contributed by atoms with Crippen molar-refractivity contribution >= 4 is 15.9 Å². The summed E-state index contributed by atoms with van der Waals surface area (Å²) in [5, 5.41) is 0. The summed E-state index contributed by atoms with van der Waals surface area (Å²) >= 11 is 0. The van der Waals surface area contributed by atoms with Gasteiger partial charge in [-0.1, -0.05) is 0 Å². The average Bonchev–Trinajstić information content (AvgIpc) is 3.21. The molecule has 1 fully saturated rings. The summed E-state index contributed by atoms with van der Waals surface area (Å²) in [6, 6.07) is 10.1. The number of carbonyl (C=O) groups is 1. The van der Waals surface area contributed by atoms with Gasteiger partial charge >= 0.3 is 0 Å². The lowest BCUT2D eigenvalue weighted by Gasteiger charge is -2.34. The summed E-state index contributed by atoms with van der Waals surface area (Å²) in [7, 11) is -1.73. The lowest BCUT2D eigenvalue weighted by atomic mass is 10.3. The van der Waals surface area contributed by atoms with Gasteiger partial charge in [0.05, 0.1) is 30.9 Å². The second-order valence-corrected chi connectivity index (χ2v) is 8.88. The Balaban J connectivity index is 1.53. The molecule has 158 valence electrons. The molecule has 0 spiro atoms. The lowest BCUT2D eigenvalue weighted by molar-refractivity contribution is -0.133. The van der Waals surface area contributed by atoms with Crippen LogP contribution in [0.1, 0.15) is 12.7 Å². The molecule has 0 radical (unpaired) electrons. The van der Waals surface area contributed by atoms with Crippen LogP contribution in [-0.2, 0) is 21.4 Å². The van der Waals surface area contributed by atoms with Gasteiger partial charge in [-0.15, -0.1) is 0 Å². The topological polar surface area (TPSA) is 83.3 Å².